The monoisotopic (exact) mass is 226 g/mol. The molecule has 0 saturated heterocycles. The molecule has 2 amide bonds. The number of hydrogen-bond donors (Lipinski definition) is 4. The Morgan fingerprint density at radius 3 is 2.56 bits per heavy atom. The second-order valence-corrected chi connectivity index (χ2v) is 3.29. The van der Waals surface area contributed by atoms with Gasteiger partial charge in [0.15, 0.2) is 0 Å². The molecular weight excluding hydrogens is 214 g/mol. The van der Waals surface area contributed by atoms with E-state index in [2.05, 4.69) is 0 Å². The highest BCUT2D eigenvalue weighted by Crippen LogP contribution is 2.23. The van der Waals surface area contributed by atoms with E-state index in [1.165, 1.54) is 24.3 Å². The summed E-state index contributed by atoms with van der Waals surface area (Å²) >= 11 is 0. The molecule has 0 aromatic heterocycles. The van der Waals surface area contributed by atoms with Crippen LogP contribution in [0.3, 0.4) is 0 Å². The van der Waals surface area contributed by atoms with Crippen molar-refractivity contribution in [2.75, 3.05) is 0 Å². The zero-order valence-corrected chi connectivity index (χ0v) is 8.29. The van der Waals surface area contributed by atoms with Gasteiger partial charge in [-0.25, -0.2) is 5.84 Å². The third-order valence-electron chi connectivity index (χ3n) is 2.30. The summed E-state index contributed by atoms with van der Waals surface area (Å²) in [4.78, 5) is 22.9. The standard InChI is InChI=1S/C8H12N5O3/c9-8(7(15)13(11)16)4-2-1-3-5(8)6(14)12-10/h1-5H,9-11H2,(H,12,14)/q-1. The van der Waals surface area contributed by atoms with Gasteiger partial charge in [0.1, 0.15) is 5.54 Å². The summed E-state index contributed by atoms with van der Waals surface area (Å²) in [7, 11) is 0. The Morgan fingerprint density at radius 2 is 2.06 bits per heavy atom. The van der Waals surface area contributed by atoms with Crippen LogP contribution in [0.2, 0.25) is 0 Å². The average Bonchev–Trinajstić information content (AvgIpc) is 2.27. The van der Waals surface area contributed by atoms with Gasteiger partial charge in [0.2, 0.25) is 5.91 Å². The lowest BCUT2D eigenvalue weighted by molar-refractivity contribution is -0.138. The van der Waals surface area contributed by atoms with Crippen molar-refractivity contribution in [3.8, 4) is 0 Å². The highest BCUT2D eigenvalue weighted by Gasteiger charge is 2.43. The molecule has 16 heavy (non-hydrogen) atoms. The van der Waals surface area contributed by atoms with Gasteiger partial charge < -0.3 is 16.1 Å². The molecule has 2 atom stereocenters. The largest absolute Gasteiger partial charge is 0.741 e. The predicted molar refractivity (Wildman–Crippen MR) is 55.4 cm³/mol. The van der Waals surface area contributed by atoms with Gasteiger partial charge in [-0.2, -0.15) is 0 Å². The van der Waals surface area contributed by atoms with Crippen molar-refractivity contribution < 1.29 is 9.59 Å². The number of hydrazine groups is 2. The fraction of sp³-hybridized carbons (Fsp3) is 0.250. The number of allylic oxidation sites excluding steroid dienone is 2. The zero-order chi connectivity index (χ0) is 12.3. The van der Waals surface area contributed by atoms with E-state index < -0.39 is 28.4 Å². The molecule has 0 fully saturated rings. The fourth-order valence-corrected chi connectivity index (χ4v) is 1.44. The molecule has 0 aliphatic heterocycles. The van der Waals surface area contributed by atoms with Crippen LogP contribution in [0.15, 0.2) is 24.3 Å². The van der Waals surface area contributed by atoms with Crippen LogP contribution in [-0.2, 0) is 9.59 Å². The lowest BCUT2D eigenvalue weighted by atomic mass is 9.80. The van der Waals surface area contributed by atoms with Gasteiger partial charge in [0.05, 0.1) is 5.92 Å². The molecule has 8 heteroatoms. The lowest BCUT2D eigenvalue weighted by Crippen LogP contribution is -2.62. The summed E-state index contributed by atoms with van der Waals surface area (Å²) in [5.74, 6) is 6.86. The van der Waals surface area contributed by atoms with Crippen LogP contribution in [0.25, 0.3) is 0 Å². The minimum atomic E-state index is -1.81. The molecule has 0 saturated carbocycles. The van der Waals surface area contributed by atoms with Gasteiger partial charge in [-0.05, 0) is 0 Å². The first-order valence-electron chi connectivity index (χ1n) is 4.35. The Balaban J connectivity index is 3.08. The molecular formula is C8H12N5O3-. The van der Waals surface area contributed by atoms with E-state index in [-0.39, 0.29) is 0 Å². The molecule has 8 nitrogen and oxygen atoms in total. The van der Waals surface area contributed by atoms with Gasteiger partial charge in [-0.15, -0.1) is 0 Å². The molecule has 1 aliphatic rings. The van der Waals surface area contributed by atoms with Crippen molar-refractivity contribution in [2.24, 2.45) is 23.3 Å². The number of nitrogens with two attached hydrogens (primary N) is 3. The van der Waals surface area contributed by atoms with Crippen LogP contribution >= 0.6 is 0 Å². The van der Waals surface area contributed by atoms with E-state index in [4.69, 9.17) is 17.4 Å². The van der Waals surface area contributed by atoms with Gasteiger partial charge in [0.25, 0.3) is 5.91 Å². The second-order valence-electron chi connectivity index (χ2n) is 3.29. The summed E-state index contributed by atoms with van der Waals surface area (Å²) in [5.41, 5.74) is 5.75. The molecule has 0 bridgehead atoms. The van der Waals surface area contributed by atoms with Gasteiger partial charge in [0, 0.05) is 0 Å². The fourth-order valence-electron chi connectivity index (χ4n) is 1.44. The molecule has 0 heterocycles. The first kappa shape index (κ1) is 12.3. The van der Waals surface area contributed by atoms with Gasteiger partial charge >= 0.3 is 0 Å². The highest BCUT2D eigenvalue weighted by molar-refractivity contribution is 5.96. The maximum absolute atomic E-state index is 11.5. The minimum absolute atomic E-state index is 0.402. The number of hydrogen-bond acceptors (Lipinski definition) is 6. The number of carbonyl (C=O) groups excluding carboxylic acids is 2. The van der Waals surface area contributed by atoms with E-state index in [1.807, 2.05) is 5.43 Å². The third kappa shape index (κ3) is 1.95. The number of rotatable bonds is 2. The van der Waals surface area contributed by atoms with E-state index in [1.54, 1.807) is 0 Å². The molecule has 0 aromatic carbocycles. The smallest absolute Gasteiger partial charge is 0.251 e. The molecule has 0 spiro atoms. The average molecular weight is 226 g/mol. The summed E-state index contributed by atoms with van der Waals surface area (Å²) in [6, 6.07) is 0. The SMILES string of the molecule is NNC(=O)C1C=CC=CC1(N)C(=O)N(N)[O-]. The predicted octanol–water partition coefficient (Wildman–Crippen LogP) is -2.38. The molecule has 1 aliphatic carbocycles. The highest BCUT2D eigenvalue weighted by atomic mass is 16.5. The molecule has 1 rings (SSSR count). The van der Waals surface area contributed by atoms with Crippen LogP contribution in [0.4, 0.5) is 0 Å². The van der Waals surface area contributed by atoms with Crippen molar-refractivity contribution in [3.63, 3.8) is 0 Å². The van der Waals surface area contributed by atoms with E-state index >= 15 is 0 Å². The van der Waals surface area contributed by atoms with Gasteiger partial charge in [-0.3, -0.25) is 20.9 Å². The minimum Gasteiger partial charge on any atom is -0.741 e. The summed E-state index contributed by atoms with van der Waals surface area (Å²) in [6.07, 6.45) is 5.56. The maximum atomic E-state index is 11.5. The Bertz CT molecular complexity index is 365. The van der Waals surface area contributed by atoms with Crippen molar-refractivity contribution in [2.45, 2.75) is 5.54 Å². The number of nitrogens with zero attached hydrogens (tertiary/aromatic N) is 1. The first-order chi connectivity index (χ1) is 7.43. The van der Waals surface area contributed by atoms with Gasteiger partial charge in [-0.1, -0.05) is 24.3 Å². The van der Waals surface area contributed by atoms with Crippen molar-refractivity contribution in [3.05, 3.63) is 29.5 Å². The first-order valence-corrected chi connectivity index (χ1v) is 4.35. The Kier molecular flexibility index (Phi) is 3.40. The number of amides is 2. The summed E-state index contributed by atoms with van der Waals surface area (Å²) in [5, 5.41) is 10.3. The topological polar surface area (TPSA) is 151 Å². The van der Waals surface area contributed by atoms with Crippen LogP contribution in [0.1, 0.15) is 0 Å². The Hall–Kier alpha value is -1.74. The second kappa shape index (κ2) is 4.41. The van der Waals surface area contributed by atoms with Crippen molar-refractivity contribution in [1.29, 1.82) is 0 Å². The number of carbonyl (C=O) groups is 2. The van der Waals surface area contributed by atoms with E-state index in [9.17, 15) is 14.8 Å². The Morgan fingerprint density at radius 1 is 1.44 bits per heavy atom. The van der Waals surface area contributed by atoms with E-state index in [0.29, 0.717) is 0 Å². The molecule has 88 valence electrons. The molecule has 7 N–H and O–H groups in total. The number of nitrogens with one attached hydrogen (secondary N) is 1. The van der Waals surface area contributed by atoms with Crippen LogP contribution in [0.5, 0.6) is 0 Å². The van der Waals surface area contributed by atoms with Crippen molar-refractivity contribution >= 4 is 11.8 Å². The normalized spacial score (nSPS) is 27.6. The third-order valence-corrected chi connectivity index (χ3v) is 2.30. The van der Waals surface area contributed by atoms with Crippen molar-refractivity contribution in [1.82, 2.24) is 10.6 Å². The summed E-state index contributed by atoms with van der Waals surface area (Å²) in [6.45, 7) is 0. The van der Waals surface area contributed by atoms with E-state index in [0.717, 1.165) is 0 Å². The summed E-state index contributed by atoms with van der Waals surface area (Å²) < 4.78 is 0. The van der Waals surface area contributed by atoms with Crippen LogP contribution < -0.4 is 22.8 Å². The Labute approximate surface area is 91.2 Å². The number of hydroxylamine groups is 1. The van der Waals surface area contributed by atoms with Crippen LogP contribution in [-0.4, -0.2) is 22.5 Å². The molecule has 0 radical (unpaired) electrons. The lowest BCUT2D eigenvalue weighted by Gasteiger charge is -2.37. The quantitative estimate of drug-likeness (QED) is 0.234. The molecule has 2 unspecified atom stereocenters. The maximum Gasteiger partial charge on any atom is 0.251 e. The molecule has 0 aromatic rings. The zero-order valence-electron chi connectivity index (χ0n) is 8.29. The van der Waals surface area contributed by atoms with Crippen LogP contribution in [0, 0.1) is 11.1 Å².